The fourth-order valence-corrected chi connectivity index (χ4v) is 2.52. The molecule has 0 saturated carbocycles. The van der Waals surface area contributed by atoms with Crippen LogP contribution in [0.15, 0.2) is 12.1 Å². The van der Waals surface area contributed by atoms with Crippen molar-refractivity contribution in [1.82, 2.24) is 4.98 Å². The van der Waals surface area contributed by atoms with Crippen LogP contribution >= 0.6 is 0 Å². The number of hydrogen-bond donors (Lipinski definition) is 1. The predicted octanol–water partition coefficient (Wildman–Crippen LogP) is 2.43. The van der Waals surface area contributed by atoms with Crippen LogP contribution in [0.4, 0.5) is 17.3 Å². The van der Waals surface area contributed by atoms with Gasteiger partial charge in [-0.25, -0.2) is 4.98 Å². The van der Waals surface area contributed by atoms with Crippen molar-refractivity contribution in [3.63, 3.8) is 0 Å². The van der Waals surface area contributed by atoms with Crippen molar-refractivity contribution in [3.05, 3.63) is 22.2 Å². The Balaban J connectivity index is 2.31. The van der Waals surface area contributed by atoms with Gasteiger partial charge in [-0.15, -0.1) is 0 Å². The lowest BCUT2D eigenvalue weighted by Crippen LogP contribution is -2.46. The quantitative estimate of drug-likeness (QED) is 0.663. The van der Waals surface area contributed by atoms with E-state index in [1.807, 2.05) is 18.7 Å². The van der Waals surface area contributed by atoms with Gasteiger partial charge >= 0.3 is 5.69 Å². The summed E-state index contributed by atoms with van der Waals surface area (Å²) in [6.07, 6.45) is 1.03. The molecule has 7 nitrogen and oxygen atoms in total. The molecule has 0 unspecified atom stereocenters. The minimum atomic E-state index is -0.378. The van der Waals surface area contributed by atoms with E-state index < -0.39 is 0 Å². The summed E-state index contributed by atoms with van der Waals surface area (Å²) in [6, 6.07) is 3.18. The van der Waals surface area contributed by atoms with Crippen molar-refractivity contribution >= 4 is 17.3 Å². The van der Waals surface area contributed by atoms with E-state index in [-0.39, 0.29) is 22.8 Å². The van der Waals surface area contributed by atoms with Gasteiger partial charge in [-0.2, -0.15) is 0 Å². The number of rotatable bonds is 5. The summed E-state index contributed by atoms with van der Waals surface area (Å²) in [7, 11) is 0. The number of pyridine rings is 1. The van der Waals surface area contributed by atoms with Crippen LogP contribution in [0.2, 0.25) is 0 Å². The number of nitrogens with zero attached hydrogens (tertiary/aromatic N) is 3. The van der Waals surface area contributed by atoms with E-state index in [0.29, 0.717) is 24.7 Å². The van der Waals surface area contributed by atoms with Crippen LogP contribution < -0.4 is 10.2 Å². The monoisotopic (exact) mass is 294 g/mol. The SMILES string of the molecule is CCCNc1ccc([N+](=O)[O-])c(N2C[C@@H](C)O[C@@H](C)C2)n1. The van der Waals surface area contributed by atoms with Crippen molar-refractivity contribution in [2.75, 3.05) is 29.9 Å². The highest BCUT2D eigenvalue weighted by Crippen LogP contribution is 2.29. The average Bonchev–Trinajstić information content (AvgIpc) is 2.43. The van der Waals surface area contributed by atoms with Gasteiger partial charge in [-0.05, 0) is 26.3 Å². The lowest BCUT2D eigenvalue weighted by molar-refractivity contribution is -0.384. The molecule has 21 heavy (non-hydrogen) atoms. The molecule has 2 rings (SSSR count). The molecule has 0 radical (unpaired) electrons. The number of ether oxygens (including phenoxy) is 1. The molecule has 1 N–H and O–H groups in total. The molecule has 0 spiro atoms. The van der Waals surface area contributed by atoms with E-state index in [2.05, 4.69) is 17.2 Å². The highest BCUT2D eigenvalue weighted by molar-refractivity contribution is 5.62. The van der Waals surface area contributed by atoms with Gasteiger partial charge in [-0.3, -0.25) is 10.1 Å². The lowest BCUT2D eigenvalue weighted by Gasteiger charge is -2.35. The van der Waals surface area contributed by atoms with E-state index in [1.54, 1.807) is 6.07 Å². The van der Waals surface area contributed by atoms with Crippen LogP contribution in [0.25, 0.3) is 0 Å². The van der Waals surface area contributed by atoms with Crippen LogP contribution in [-0.2, 0) is 4.74 Å². The van der Waals surface area contributed by atoms with Crippen LogP contribution in [0, 0.1) is 10.1 Å². The number of nitrogens with one attached hydrogen (secondary N) is 1. The molecule has 1 aromatic rings. The van der Waals surface area contributed by atoms with E-state index >= 15 is 0 Å². The highest BCUT2D eigenvalue weighted by Gasteiger charge is 2.28. The third-order valence-corrected chi connectivity index (χ3v) is 3.33. The van der Waals surface area contributed by atoms with Crippen molar-refractivity contribution < 1.29 is 9.66 Å². The third kappa shape index (κ3) is 3.81. The highest BCUT2D eigenvalue weighted by atomic mass is 16.6. The number of anilines is 2. The number of morpholine rings is 1. The minimum Gasteiger partial charge on any atom is -0.372 e. The Morgan fingerprint density at radius 1 is 1.43 bits per heavy atom. The normalized spacial score (nSPS) is 22.1. The Kier molecular flexibility index (Phi) is 4.95. The summed E-state index contributed by atoms with van der Waals surface area (Å²) >= 11 is 0. The molecule has 0 aliphatic carbocycles. The van der Waals surface area contributed by atoms with Crippen molar-refractivity contribution in [2.24, 2.45) is 0 Å². The summed E-state index contributed by atoms with van der Waals surface area (Å²) in [5, 5.41) is 14.4. The fourth-order valence-electron chi connectivity index (χ4n) is 2.52. The first-order valence-corrected chi connectivity index (χ1v) is 7.31. The first-order valence-electron chi connectivity index (χ1n) is 7.31. The molecule has 1 aliphatic rings. The summed E-state index contributed by atoms with van der Waals surface area (Å²) in [5.74, 6) is 1.09. The smallest absolute Gasteiger partial charge is 0.311 e. The summed E-state index contributed by atoms with van der Waals surface area (Å²) < 4.78 is 5.68. The molecule has 1 aromatic heterocycles. The predicted molar refractivity (Wildman–Crippen MR) is 81.9 cm³/mol. The Morgan fingerprint density at radius 2 is 2.10 bits per heavy atom. The summed E-state index contributed by atoms with van der Waals surface area (Å²) in [4.78, 5) is 17.2. The van der Waals surface area contributed by atoms with Crippen LogP contribution in [-0.4, -0.2) is 41.7 Å². The second-order valence-electron chi connectivity index (χ2n) is 5.39. The van der Waals surface area contributed by atoms with Gasteiger partial charge in [0.25, 0.3) is 0 Å². The topological polar surface area (TPSA) is 80.5 Å². The zero-order chi connectivity index (χ0) is 15.4. The van der Waals surface area contributed by atoms with Crippen molar-refractivity contribution in [3.8, 4) is 0 Å². The van der Waals surface area contributed by atoms with E-state index in [0.717, 1.165) is 13.0 Å². The van der Waals surface area contributed by atoms with E-state index in [9.17, 15) is 10.1 Å². The van der Waals surface area contributed by atoms with Crippen LogP contribution in [0.3, 0.4) is 0 Å². The van der Waals surface area contributed by atoms with Gasteiger partial charge in [0.1, 0.15) is 5.82 Å². The Morgan fingerprint density at radius 3 is 2.67 bits per heavy atom. The molecule has 2 atom stereocenters. The largest absolute Gasteiger partial charge is 0.372 e. The van der Waals surface area contributed by atoms with E-state index in [1.165, 1.54) is 6.07 Å². The number of aromatic nitrogens is 1. The molecule has 116 valence electrons. The fraction of sp³-hybridized carbons (Fsp3) is 0.643. The maximum atomic E-state index is 11.2. The number of nitro groups is 1. The zero-order valence-corrected chi connectivity index (χ0v) is 12.7. The Bertz CT molecular complexity index is 499. The number of hydrogen-bond acceptors (Lipinski definition) is 6. The second-order valence-corrected chi connectivity index (χ2v) is 5.39. The molecular weight excluding hydrogens is 272 g/mol. The molecule has 0 amide bonds. The molecule has 1 saturated heterocycles. The minimum absolute atomic E-state index is 0.0300. The molecule has 1 fully saturated rings. The first kappa shape index (κ1) is 15.5. The zero-order valence-electron chi connectivity index (χ0n) is 12.7. The third-order valence-electron chi connectivity index (χ3n) is 3.33. The molecule has 0 bridgehead atoms. The Labute approximate surface area is 124 Å². The van der Waals surface area contributed by atoms with Gasteiger partial charge in [0.2, 0.25) is 5.82 Å². The second kappa shape index (κ2) is 6.71. The Hall–Kier alpha value is -1.89. The molecular formula is C14H22N4O3. The molecule has 0 aromatic carbocycles. The first-order chi connectivity index (χ1) is 10.0. The van der Waals surface area contributed by atoms with Crippen molar-refractivity contribution in [2.45, 2.75) is 39.4 Å². The van der Waals surface area contributed by atoms with E-state index in [4.69, 9.17) is 4.74 Å². The average molecular weight is 294 g/mol. The van der Waals surface area contributed by atoms with Gasteiger partial charge < -0.3 is 15.0 Å². The van der Waals surface area contributed by atoms with Gasteiger partial charge in [0.05, 0.1) is 17.1 Å². The van der Waals surface area contributed by atoms with Crippen LogP contribution in [0.5, 0.6) is 0 Å². The van der Waals surface area contributed by atoms with Gasteiger partial charge in [-0.1, -0.05) is 6.92 Å². The standard InChI is InChI=1S/C14H22N4O3/c1-4-7-15-13-6-5-12(18(19)20)14(16-13)17-8-10(2)21-11(3)9-17/h5-6,10-11H,4,7-9H2,1-3H3,(H,15,16)/t10-,11+. The van der Waals surface area contributed by atoms with Crippen LogP contribution in [0.1, 0.15) is 27.2 Å². The summed E-state index contributed by atoms with van der Waals surface area (Å²) in [5.41, 5.74) is 0.0401. The maximum absolute atomic E-state index is 11.2. The maximum Gasteiger partial charge on any atom is 0.311 e. The molecule has 1 aliphatic heterocycles. The molecule has 2 heterocycles. The lowest BCUT2D eigenvalue weighted by atomic mass is 10.2. The van der Waals surface area contributed by atoms with Crippen molar-refractivity contribution in [1.29, 1.82) is 0 Å². The van der Waals surface area contributed by atoms with Gasteiger partial charge in [0, 0.05) is 25.7 Å². The molecule has 7 heteroatoms. The van der Waals surface area contributed by atoms with Gasteiger partial charge in [0.15, 0.2) is 0 Å². The summed E-state index contributed by atoms with van der Waals surface area (Å²) in [6.45, 7) is 8.00.